The number of carbonyl (C=O) groups excluding carboxylic acids is 1. The number of carbonyl (C=O) groups is 1. The van der Waals surface area contributed by atoms with Crippen molar-refractivity contribution in [3.8, 4) is 5.75 Å². The van der Waals surface area contributed by atoms with Crippen molar-refractivity contribution >= 4 is 17.9 Å². The maximum Gasteiger partial charge on any atom is 0.153 e. The van der Waals surface area contributed by atoms with Crippen LogP contribution >= 0.6 is 11.6 Å². The lowest BCUT2D eigenvalue weighted by Gasteiger charge is -2.09. The van der Waals surface area contributed by atoms with E-state index in [2.05, 4.69) is 0 Å². The lowest BCUT2D eigenvalue weighted by Crippen LogP contribution is -2.00. The Labute approximate surface area is 109 Å². The second-order valence-corrected chi connectivity index (χ2v) is 4.12. The molecule has 0 saturated carbocycles. The van der Waals surface area contributed by atoms with Crippen LogP contribution in [0.2, 0.25) is 5.02 Å². The van der Waals surface area contributed by atoms with E-state index in [0.29, 0.717) is 28.2 Å². The predicted octanol–water partition coefficient (Wildman–Crippen LogP) is 3.87. The molecule has 18 heavy (non-hydrogen) atoms. The first-order valence-electron chi connectivity index (χ1n) is 5.31. The highest BCUT2D eigenvalue weighted by Crippen LogP contribution is 2.20. The molecule has 0 radical (unpaired) electrons. The normalized spacial score (nSPS) is 10.1. The van der Waals surface area contributed by atoms with E-state index in [1.165, 1.54) is 6.07 Å². The van der Waals surface area contributed by atoms with Crippen molar-refractivity contribution in [2.75, 3.05) is 0 Å². The molecule has 2 nitrogen and oxygen atoms in total. The van der Waals surface area contributed by atoms with E-state index in [9.17, 15) is 9.18 Å². The summed E-state index contributed by atoms with van der Waals surface area (Å²) in [5.74, 6) is 0.00735. The summed E-state index contributed by atoms with van der Waals surface area (Å²) in [6.45, 7) is 0.0495. The van der Waals surface area contributed by atoms with Gasteiger partial charge < -0.3 is 4.74 Å². The molecule has 0 aliphatic heterocycles. The van der Waals surface area contributed by atoms with Crippen LogP contribution in [-0.2, 0) is 6.61 Å². The fraction of sp³-hybridized carbons (Fsp3) is 0.0714. The molecular formula is C14H10ClFO2. The van der Waals surface area contributed by atoms with Gasteiger partial charge in [0.2, 0.25) is 0 Å². The fourth-order valence-corrected chi connectivity index (χ4v) is 1.66. The van der Waals surface area contributed by atoms with Gasteiger partial charge in [-0.3, -0.25) is 4.79 Å². The van der Waals surface area contributed by atoms with Crippen LogP contribution in [0.1, 0.15) is 15.9 Å². The van der Waals surface area contributed by atoms with Crippen LogP contribution in [0.5, 0.6) is 5.75 Å². The van der Waals surface area contributed by atoms with Crippen LogP contribution in [0.4, 0.5) is 4.39 Å². The summed E-state index contributed by atoms with van der Waals surface area (Å²) in [6, 6.07) is 11.2. The summed E-state index contributed by atoms with van der Waals surface area (Å²) in [7, 11) is 0. The van der Waals surface area contributed by atoms with E-state index in [1.807, 2.05) is 0 Å². The molecule has 0 bridgehead atoms. The second-order valence-electron chi connectivity index (χ2n) is 3.68. The minimum absolute atomic E-state index is 0.0495. The fourth-order valence-electron chi connectivity index (χ4n) is 1.50. The monoisotopic (exact) mass is 264 g/mol. The van der Waals surface area contributed by atoms with Gasteiger partial charge >= 0.3 is 0 Å². The summed E-state index contributed by atoms with van der Waals surface area (Å²) >= 11 is 5.65. The lowest BCUT2D eigenvalue weighted by molar-refractivity contribution is 0.111. The summed E-state index contributed by atoms with van der Waals surface area (Å²) in [6.07, 6.45) is 0.702. The van der Waals surface area contributed by atoms with Crippen molar-refractivity contribution in [3.63, 3.8) is 0 Å². The quantitative estimate of drug-likeness (QED) is 0.784. The molecule has 2 aromatic carbocycles. The number of ether oxygens (including phenoxy) is 1. The van der Waals surface area contributed by atoms with Gasteiger partial charge in [0.05, 0.1) is 5.56 Å². The van der Waals surface area contributed by atoms with Crippen LogP contribution in [0.15, 0.2) is 42.5 Å². The number of para-hydroxylation sites is 1. The molecule has 0 unspecified atom stereocenters. The van der Waals surface area contributed by atoms with Gasteiger partial charge in [-0.2, -0.15) is 0 Å². The molecule has 0 N–H and O–H groups in total. The molecule has 4 heteroatoms. The summed E-state index contributed by atoms with van der Waals surface area (Å²) in [4.78, 5) is 10.8. The smallest absolute Gasteiger partial charge is 0.153 e. The molecule has 0 aliphatic rings. The molecular weight excluding hydrogens is 255 g/mol. The first kappa shape index (κ1) is 12.6. The molecule has 0 amide bonds. The Bertz CT molecular complexity index is 569. The first-order valence-corrected chi connectivity index (χ1v) is 5.69. The molecule has 0 atom stereocenters. The SMILES string of the molecule is O=Cc1ccccc1OCc1ccc(Cl)cc1F. The van der Waals surface area contributed by atoms with Gasteiger partial charge in [-0.05, 0) is 24.3 Å². The third-order valence-electron chi connectivity index (χ3n) is 2.44. The van der Waals surface area contributed by atoms with Crippen LogP contribution in [0.3, 0.4) is 0 Å². The highest BCUT2D eigenvalue weighted by atomic mass is 35.5. The molecule has 2 aromatic rings. The third kappa shape index (κ3) is 2.87. The number of benzene rings is 2. The van der Waals surface area contributed by atoms with Crippen LogP contribution in [0.25, 0.3) is 0 Å². The average molecular weight is 265 g/mol. The summed E-state index contributed by atoms with van der Waals surface area (Å²) in [5.41, 5.74) is 0.826. The van der Waals surface area contributed by atoms with Gasteiger partial charge in [0.25, 0.3) is 0 Å². The molecule has 0 aliphatic carbocycles. The molecule has 2 rings (SSSR count). The highest BCUT2D eigenvalue weighted by molar-refractivity contribution is 6.30. The molecule has 0 saturated heterocycles. The lowest BCUT2D eigenvalue weighted by atomic mass is 10.2. The first-order chi connectivity index (χ1) is 8.70. The maximum absolute atomic E-state index is 13.5. The zero-order valence-corrected chi connectivity index (χ0v) is 10.2. The van der Waals surface area contributed by atoms with Gasteiger partial charge in [0.15, 0.2) is 6.29 Å². The van der Waals surface area contributed by atoms with E-state index in [0.717, 1.165) is 0 Å². The van der Waals surface area contributed by atoms with Gasteiger partial charge in [-0.1, -0.05) is 29.8 Å². The van der Waals surface area contributed by atoms with Gasteiger partial charge in [0, 0.05) is 10.6 Å². The largest absolute Gasteiger partial charge is 0.488 e. The van der Waals surface area contributed by atoms with E-state index in [4.69, 9.17) is 16.3 Å². The van der Waals surface area contributed by atoms with E-state index < -0.39 is 5.82 Å². The molecule has 0 fully saturated rings. The Morgan fingerprint density at radius 2 is 2.00 bits per heavy atom. The summed E-state index contributed by atoms with van der Waals surface area (Å²) in [5, 5.41) is 0.338. The van der Waals surface area contributed by atoms with Crippen molar-refractivity contribution < 1.29 is 13.9 Å². The molecule has 0 aromatic heterocycles. The minimum atomic E-state index is -0.425. The van der Waals surface area contributed by atoms with Crippen LogP contribution < -0.4 is 4.74 Å². The highest BCUT2D eigenvalue weighted by Gasteiger charge is 2.06. The third-order valence-corrected chi connectivity index (χ3v) is 2.68. The number of aldehydes is 1. The van der Waals surface area contributed by atoms with Gasteiger partial charge in [-0.25, -0.2) is 4.39 Å². The minimum Gasteiger partial charge on any atom is -0.488 e. The van der Waals surface area contributed by atoms with Gasteiger partial charge in [-0.15, -0.1) is 0 Å². The van der Waals surface area contributed by atoms with Crippen molar-refractivity contribution in [2.24, 2.45) is 0 Å². The standard InChI is InChI=1S/C14H10ClFO2/c15-12-6-5-11(13(16)7-12)9-18-14-4-2-1-3-10(14)8-17/h1-8H,9H2. The topological polar surface area (TPSA) is 26.3 Å². The van der Waals surface area contributed by atoms with Crippen molar-refractivity contribution in [1.82, 2.24) is 0 Å². The molecule has 92 valence electrons. The zero-order chi connectivity index (χ0) is 13.0. The zero-order valence-electron chi connectivity index (χ0n) is 9.40. The Morgan fingerprint density at radius 3 is 2.72 bits per heavy atom. The predicted molar refractivity (Wildman–Crippen MR) is 67.6 cm³/mol. The van der Waals surface area contributed by atoms with E-state index in [1.54, 1.807) is 36.4 Å². The number of hydrogen-bond donors (Lipinski definition) is 0. The Morgan fingerprint density at radius 1 is 1.22 bits per heavy atom. The van der Waals surface area contributed by atoms with E-state index in [-0.39, 0.29) is 6.61 Å². The number of hydrogen-bond acceptors (Lipinski definition) is 2. The van der Waals surface area contributed by atoms with Gasteiger partial charge in [0.1, 0.15) is 18.2 Å². The second kappa shape index (κ2) is 5.65. The van der Waals surface area contributed by atoms with Crippen LogP contribution in [-0.4, -0.2) is 6.29 Å². The Hall–Kier alpha value is -1.87. The Balaban J connectivity index is 2.14. The summed E-state index contributed by atoms with van der Waals surface area (Å²) < 4.78 is 18.9. The average Bonchev–Trinajstić information content (AvgIpc) is 2.38. The maximum atomic E-state index is 13.5. The van der Waals surface area contributed by atoms with Crippen molar-refractivity contribution in [2.45, 2.75) is 6.61 Å². The molecule has 0 spiro atoms. The van der Waals surface area contributed by atoms with E-state index >= 15 is 0 Å². The van der Waals surface area contributed by atoms with Crippen LogP contribution in [0, 0.1) is 5.82 Å². The van der Waals surface area contributed by atoms with Crippen molar-refractivity contribution in [3.05, 3.63) is 64.4 Å². The number of halogens is 2. The number of rotatable bonds is 4. The van der Waals surface area contributed by atoms with Crippen molar-refractivity contribution in [1.29, 1.82) is 0 Å². The molecule has 0 heterocycles. The Kier molecular flexibility index (Phi) is 3.95.